The molecule has 12 heavy (non-hydrogen) atoms. The molecule has 0 atom stereocenters. The van der Waals surface area contributed by atoms with E-state index in [1.807, 2.05) is 36.8 Å². The maximum atomic E-state index is 9.66. The summed E-state index contributed by atoms with van der Waals surface area (Å²) in [5, 5.41) is 0. The molecule has 0 unspecified atom stereocenters. The van der Waals surface area contributed by atoms with E-state index in [0.717, 1.165) is 12.0 Å². The Bertz CT molecular complexity index is 219. The molecule has 1 aromatic rings. The Morgan fingerprint density at radius 2 is 2.08 bits per heavy atom. The molecular formula is C10H10O2. The fourth-order valence-corrected chi connectivity index (χ4v) is 0.915. The molecule has 62 valence electrons. The van der Waals surface area contributed by atoms with Gasteiger partial charge in [-0.2, -0.15) is 0 Å². The van der Waals surface area contributed by atoms with Crippen molar-refractivity contribution < 1.29 is 9.53 Å². The molecule has 0 aliphatic heterocycles. The summed E-state index contributed by atoms with van der Waals surface area (Å²) in [6.45, 7) is 1.79. The van der Waals surface area contributed by atoms with Crippen LogP contribution in [0.5, 0.6) is 0 Å². The lowest BCUT2D eigenvalue weighted by Gasteiger charge is -1.98. The normalized spacial score (nSPS) is 9.33. The lowest BCUT2D eigenvalue weighted by Crippen LogP contribution is -1.92. The van der Waals surface area contributed by atoms with Gasteiger partial charge in [-0.3, -0.25) is 0 Å². The minimum Gasteiger partial charge on any atom is -0.457 e. The molecule has 0 saturated heterocycles. The summed E-state index contributed by atoms with van der Waals surface area (Å²) < 4.78 is 4.42. The standard InChI is InChI=1S/C10H10O2/c11-9-12-8-4-7-10-5-2-1-3-6-10/h1-3,5-7H,4,8H2. The van der Waals surface area contributed by atoms with Crippen molar-refractivity contribution in [1.29, 1.82) is 0 Å². The zero-order valence-electron chi connectivity index (χ0n) is 6.69. The van der Waals surface area contributed by atoms with Gasteiger partial charge < -0.3 is 4.74 Å². The molecule has 2 heteroatoms. The summed E-state index contributed by atoms with van der Waals surface area (Å²) in [6, 6.07) is 9.92. The first kappa shape index (κ1) is 8.78. The maximum absolute atomic E-state index is 9.66. The second-order valence-electron chi connectivity index (χ2n) is 2.34. The minimum absolute atomic E-state index is 0.401. The minimum atomic E-state index is 0.401. The first-order valence-corrected chi connectivity index (χ1v) is 3.80. The zero-order chi connectivity index (χ0) is 8.65. The van der Waals surface area contributed by atoms with Crippen LogP contribution in [-0.2, 0) is 9.53 Å². The van der Waals surface area contributed by atoms with Gasteiger partial charge in [-0.05, 0) is 18.4 Å². The summed E-state index contributed by atoms with van der Waals surface area (Å²) in [6.07, 6.45) is 2.75. The third kappa shape index (κ3) is 3.19. The topological polar surface area (TPSA) is 26.3 Å². The van der Waals surface area contributed by atoms with Crippen molar-refractivity contribution in [3.05, 3.63) is 42.3 Å². The number of carbonyl (C=O) groups excluding carboxylic acids is 1. The van der Waals surface area contributed by atoms with Crippen molar-refractivity contribution in [2.45, 2.75) is 6.42 Å². The molecule has 0 aromatic heterocycles. The van der Waals surface area contributed by atoms with Crippen LogP contribution < -0.4 is 0 Å². The lowest BCUT2D eigenvalue weighted by molar-refractivity contribution is 0.281. The lowest BCUT2D eigenvalue weighted by atomic mass is 10.1. The molecule has 0 bridgehead atoms. The number of ether oxygens (including phenoxy) is 1. The van der Waals surface area contributed by atoms with E-state index in [9.17, 15) is 4.79 Å². The highest BCUT2D eigenvalue weighted by molar-refractivity contribution is 5.38. The van der Waals surface area contributed by atoms with E-state index in [1.54, 1.807) is 0 Å². The van der Waals surface area contributed by atoms with E-state index in [-0.39, 0.29) is 0 Å². The van der Waals surface area contributed by atoms with Gasteiger partial charge in [0.15, 0.2) is 0 Å². The number of hydrogen-bond donors (Lipinski definition) is 0. The van der Waals surface area contributed by atoms with E-state index in [4.69, 9.17) is 0 Å². The molecule has 2 nitrogen and oxygen atoms in total. The average Bonchev–Trinajstić information content (AvgIpc) is 2.14. The van der Waals surface area contributed by atoms with Gasteiger partial charge in [-0.1, -0.05) is 30.3 Å². The molecule has 1 rings (SSSR count). The van der Waals surface area contributed by atoms with Gasteiger partial charge >= 0.3 is 6.47 Å². The Kier molecular flexibility index (Phi) is 3.92. The summed E-state index contributed by atoms with van der Waals surface area (Å²) in [5.41, 5.74) is 1.15. The van der Waals surface area contributed by atoms with Crippen LogP contribution in [0.4, 0.5) is 0 Å². The van der Waals surface area contributed by atoms with Gasteiger partial charge in [-0.15, -0.1) is 0 Å². The van der Waals surface area contributed by atoms with Crippen LogP contribution in [-0.4, -0.2) is 13.1 Å². The van der Waals surface area contributed by atoms with E-state index in [2.05, 4.69) is 4.74 Å². The largest absolute Gasteiger partial charge is 0.457 e. The van der Waals surface area contributed by atoms with E-state index in [0.29, 0.717) is 6.61 Å². The van der Waals surface area contributed by atoms with Gasteiger partial charge in [0.25, 0.3) is 0 Å². The fourth-order valence-electron chi connectivity index (χ4n) is 0.915. The second kappa shape index (κ2) is 5.35. The fraction of sp³-hybridized carbons (Fsp3) is 0.200. The molecule has 1 aromatic carbocycles. The van der Waals surface area contributed by atoms with Crippen molar-refractivity contribution in [3.63, 3.8) is 0 Å². The molecule has 0 aliphatic rings. The molecule has 0 fully saturated rings. The van der Waals surface area contributed by atoms with Gasteiger partial charge in [0.1, 0.15) is 0 Å². The van der Waals surface area contributed by atoms with Crippen LogP contribution in [0.1, 0.15) is 12.0 Å². The quantitative estimate of drug-likeness (QED) is 0.616. The maximum Gasteiger partial charge on any atom is 0.417 e. The van der Waals surface area contributed by atoms with Crippen molar-refractivity contribution in [2.24, 2.45) is 0 Å². The zero-order valence-corrected chi connectivity index (χ0v) is 6.69. The second-order valence-corrected chi connectivity index (χ2v) is 2.34. The highest BCUT2D eigenvalue weighted by Gasteiger charge is 1.91. The molecule has 0 aliphatic carbocycles. The first-order chi connectivity index (χ1) is 5.93. The van der Waals surface area contributed by atoms with Crippen LogP contribution >= 0.6 is 0 Å². The van der Waals surface area contributed by atoms with Crippen molar-refractivity contribution >= 4 is 6.47 Å². The summed E-state index contributed by atoms with van der Waals surface area (Å²) in [4.78, 5) is 9.66. The van der Waals surface area contributed by atoms with Crippen LogP contribution in [0.25, 0.3) is 0 Å². The molecular weight excluding hydrogens is 152 g/mol. The van der Waals surface area contributed by atoms with Crippen LogP contribution in [0.2, 0.25) is 0 Å². The average molecular weight is 162 g/mol. The molecule has 2 radical (unpaired) electrons. The Balaban J connectivity index is 2.20. The van der Waals surface area contributed by atoms with E-state index < -0.39 is 0 Å². The van der Waals surface area contributed by atoms with Crippen molar-refractivity contribution in [3.8, 4) is 0 Å². The predicted octanol–water partition coefficient (Wildman–Crippen LogP) is 1.71. The number of hydrogen-bond acceptors (Lipinski definition) is 2. The van der Waals surface area contributed by atoms with Gasteiger partial charge in [-0.25, -0.2) is 4.79 Å². The van der Waals surface area contributed by atoms with E-state index >= 15 is 0 Å². The van der Waals surface area contributed by atoms with Crippen LogP contribution in [0.15, 0.2) is 30.3 Å². The summed E-state index contributed by atoms with van der Waals surface area (Å²) in [5.74, 6) is 0. The van der Waals surface area contributed by atoms with Crippen molar-refractivity contribution in [2.75, 3.05) is 6.61 Å². The van der Waals surface area contributed by atoms with E-state index in [1.165, 1.54) is 6.47 Å². The SMILES string of the molecule is O=[C]OCC[CH]c1ccccc1. The van der Waals surface area contributed by atoms with Gasteiger partial charge in [0, 0.05) is 0 Å². The Morgan fingerprint density at radius 3 is 2.75 bits per heavy atom. The Morgan fingerprint density at radius 1 is 1.33 bits per heavy atom. The first-order valence-electron chi connectivity index (χ1n) is 3.80. The summed E-state index contributed by atoms with van der Waals surface area (Å²) >= 11 is 0. The number of benzene rings is 1. The van der Waals surface area contributed by atoms with Gasteiger partial charge in [0.05, 0.1) is 6.61 Å². The predicted molar refractivity (Wildman–Crippen MR) is 46.1 cm³/mol. The number of rotatable bonds is 5. The molecule has 0 amide bonds. The van der Waals surface area contributed by atoms with Crippen molar-refractivity contribution in [1.82, 2.24) is 0 Å². The molecule has 0 saturated carbocycles. The third-order valence-corrected chi connectivity index (χ3v) is 1.46. The highest BCUT2D eigenvalue weighted by atomic mass is 16.5. The molecule has 0 spiro atoms. The Hall–Kier alpha value is -1.31. The summed E-state index contributed by atoms with van der Waals surface area (Å²) in [7, 11) is 0. The van der Waals surface area contributed by atoms with Crippen LogP contribution in [0, 0.1) is 6.42 Å². The molecule has 0 heterocycles. The highest BCUT2D eigenvalue weighted by Crippen LogP contribution is 2.04. The Labute approximate surface area is 72.2 Å². The third-order valence-electron chi connectivity index (χ3n) is 1.46. The monoisotopic (exact) mass is 162 g/mol. The molecule has 0 N–H and O–H groups in total. The van der Waals surface area contributed by atoms with Gasteiger partial charge in [0.2, 0.25) is 0 Å². The van der Waals surface area contributed by atoms with Crippen LogP contribution in [0.3, 0.4) is 0 Å². The smallest absolute Gasteiger partial charge is 0.417 e.